The first kappa shape index (κ1) is 12.2. The second kappa shape index (κ2) is 5.89. The Bertz CT molecular complexity index is 262. The van der Waals surface area contributed by atoms with Gasteiger partial charge in [-0.1, -0.05) is 30.3 Å². The van der Waals surface area contributed by atoms with Crippen molar-refractivity contribution in [3.63, 3.8) is 0 Å². The van der Waals surface area contributed by atoms with E-state index in [2.05, 4.69) is 12.1 Å². The zero-order valence-corrected chi connectivity index (χ0v) is 9.57. The molecule has 0 aliphatic rings. The van der Waals surface area contributed by atoms with Gasteiger partial charge in [0.15, 0.2) is 0 Å². The summed E-state index contributed by atoms with van der Waals surface area (Å²) in [6, 6.07) is 10.1. The van der Waals surface area contributed by atoms with Gasteiger partial charge < -0.3 is 9.84 Å². The monoisotopic (exact) mass is 208 g/mol. The van der Waals surface area contributed by atoms with E-state index in [1.165, 1.54) is 5.56 Å². The lowest BCUT2D eigenvalue weighted by Crippen LogP contribution is -2.18. The Labute approximate surface area is 91.9 Å². The number of benzene rings is 1. The summed E-state index contributed by atoms with van der Waals surface area (Å²) in [6.07, 6.45) is 1.68. The minimum atomic E-state index is -0.573. The van der Waals surface area contributed by atoms with Crippen molar-refractivity contribution in [1.29, 1.82) is 0 Å². The highest BCUT2D eigenvalue weighted by Gasteiger charge is 2.10. The van der Waals surface area contributed by atoms with Gasteiger partial charge in [-0.2, -0.15) is 0 Å². The van der Waals surface area contributed by atoms with Gasteiger partial charge in [0.05, 0.1) is 12.2 Å². The number of rotatable bonds is 6. The van der Waals surface area contributed by atoms with Crippen molar-refractivity contribution in [3.8, 4) is 0 Å². The quantitative estimate of drug-likeness (QED) is 0.728. The molecule has 15 heavy (non-hydrogen) atoms. The number of hydrogen-bond acceptors (Lipinski definition) is 2. The normalized spacial score (nSPS) is 11.7. The van der Waals surface area contributed by atoms with Crippen LogP contribution in [0.25, 0.3) is 0 Å². The average molecular weight is 208 g/mol. The second-order valence-corrected chi connectivity index (χ2v) is 4.45. The minimum absolute atomic E-state index is 0.573. The predicted octanol–water partition coefficient (Wildman–Crippen LogP) is 2.75. The zero-order valence-electron chi connectivity index (χ0n) is 9.57. The van der Waals surface area contributed by atoms with Crippen molar-refractivity contribution in [2.24, 2.45) is 0 Å². The number of aliphatic hydroxyl groups is 1. The lowest BCUT2D eigenvalue weighted by molar-refractivity contribution is 0.0493. The van der Waals surface area contributed by atoms with E-state index >= 15 is 0 Å². The first-order valence-electron chi connectivity index (χ1n) is 5.42. The molecule has 1 aromatic rings. The SMILES string of the molecule is CC(C)(O)CCCOCc1ccccc1. The molecule has 0 spiro atoms. The smallest absolute Gasteiger partial charge is 0.0716 e. The Kier molecular flexibility index (Phi) is 4.79. The average Bonchev–Trinajstić information content (AvgIpc) is 2.17. The molecule has 0 aromatic heterocycles. The zero-order chi connectivity index (χ0) is 11.1. The second-order valence-electron chi connectivity index (χ2n) is 4.45. The van der Waals surface area contributed by atoms with E-state index in [-0.39, 0.29) is 0 Å². The van der Waals surface area contributed by atoms with Crippen LogP contribution in [0.1, 0.15) is 32.3 Å². The standard InChI is InChI=1S/C13H20O2/c1-13(2,14)9-6-10-15-11-12-7-4-3-5-8-12/h3-5,7-8,14H,6,9-11H2,1-2H3. The largest absolute Gasteiger partial charge is 0.390 e. The van der Waals surface area contributed by atoms with Crippen molar-refractivity contribution in [2.45, 2.75) is 38.9 Å². The van der Waals surface area contributed by atoms with Gasteiger partial charge in [-0.25, -0.2) is 0 Å². The van der Waals surface area contributed by atoms with E-state index in [0.717, 1.165) is 12.8 Å². The first-order valence-corrected chi connectivity index (χ1v) is 5.42. The summed E-state index contributed by atoms with van der Waals surface area (Å²) in [5.41, 5.74) is 0.622. The van der Waals surface area contributed by atoms with E-state index in [1.54, 1.807) is 0 Å². The summed E-state index contributed by atoms with van der Waals surface area (Å²) in [7, 11) is 0. The summed E-state index contributed by atoms with van der Waals surface area (Å²) >= 11 is 0. The van der Waals surface area contributed by atoms with Gasteiger partial charge >= 0.3 is 0 Å². The van der Waals surface area contributed by atoms with E-state index < -0.39 is 5.60 Å². The maximum Gasteiger partial charge on any atom is 0.0716 e. The molecular formula is C13H20O2. The number of hydrogen-bond donors (Lipinski definition) is 1. The molecule has 0 heterocycles. The maximum absolute atomic E-state index is 9.48. The molecule has 0 radical (unpaired) electrons. The van der Waals surface area contributed by atoms with Gasteiger partial charge in [0.25, 0.3) is 0 Å². The fourth-order valence-electron chi connectivity index (χ4n) is 1.37. The van der Waals surface area contributed by atoms with E-state index in [0.29, 0.717) is 13.2 Å². The Morgan fingerprint density at radius 2 is 1.87 bits per heavy atom. The lowest BCUT2D eigenvalue weighted by Gasteiger charge is -2.16. The van der Waals surface area contributed by atoms with Gasteiger partial charge in [-0.15, -0.1) is 0 Å². The molecule has 1 aromatic carbocycles. The highest BCUT2D eigenvalue weighted by Crippen LogP contribution is 2.10. The molecule has 1 N–H and O–H groups in total. The van der Waals surface area contributed by atoms with Crippen LogP contribution in [0.5, 0.6) is 0 Å². The van der Waals surface area contributed by atoms with Crippen LogP contribution in [0, 0.1) is 0 Å². The third-order valence-electron chi connectivity index (χ3n) is 2.19. The third-order valence-corrected chi connectivity index (χ3v) is 2.19. The molecule has 2 nitrogen and oxygen atoms in total. The van der Waals surface area contributed by atoms with E-state index in [4.69, 9.17) is 4.74 Å². The Balaban J connectivity index is 2.08. The fourth-order valence-corrected chi connectivity index (χ4v) is 1.37. The molecule has 84 valence electrons. The highest BCUT2D eigenvalue weighted by atomic mass is 16.5. The number of ether oxygens (including phenoxy) is 1. The maximum atomic E-state index is 9.48. The van der Waals surface area contributed by atoms with Gasteiger partial charge in [0, 0.05) is 6.61 Å². The molecule has 0 saturated carbocycles. The van der Waals surface area contributed by atoms with Crippen LogP contribution in [-0.2, 0) is 11.3 Å². The Morgan fingerprint density at radius 1 is 1.20 bits per heavy atom. The van der Waals surface area contributed by atoms with Crippen LogP contribution in [0.3, 0.4) is 0 Å². The molecule has 0 fully saturated rings. The van der Waals surface area contributed by atoms with Crippen LogP contribution < -0.4 is 0 Å². The lowest BCUT2D eigenvalue weighted by atomic mass is 10.0. The van der Waals surface area contributed by atoms with Crippen LogP contribution in [-0.4, -0.2) is 17.3 Å². The summed E-state index contributed by atoms with van der Waals surface area (Å²) < 4.78 is 5.50. The van der Waals surface area contributed by atoms with Crippen molar-refractivity contribution >= 4 is 0 Å². The molecule has 0 bridgehead atoms. The molecule has 0 amide bonds. The molecule has 0 unspecified atom stereocenters. The molecule has 0 saturated heterocycles. The summed E-state index contributed by atoms with van der Waals surface area (Å²) in [4.78, 5) is 0. The van der Waals surface area contributed by atoms with Gasteiger partial charge in [0.2, 0.25) is 0 Å². The fraction of sp³-hybridized carbons (Fsp3) is 0.538. The van der Waals surface area contributed by atoms with Crippen LogP contribution in [0.2, 0.25) is 0 Å². The van der Waals surface area contributed by atoms with Crippen molar-refractivity contribution in [3.05, 3.63) is 35.9 Å². The van der Waals surface area contributed by atoms with E-state index in [9.17, 15) is 5.11 Å². The Morgan fingerprint density at radius 3 is 2.47 bits per heavy atom. The molecule has 0 atom stereocenters. The van der Waals surface area contributed by atoms with Gasteiger partial charge in [-0.05, 0) is 32.3 Å². The first-order chi connectivity index (χ1) is 7.08. The molecule has 0 aliphatic heterocycles. The van der Waals surface area contributed by atoms with E-state index in [1.807, 2.05) is 32.0 Å². The summed E-state index contributed by atoms with van der Waals surface area (Å²) in [5.74, 6) is 0. The van der Waals surface area contributed by atoms with Crippen LogP contribution >= 0.6 is 0 Å². The summed E-state index contributed by atoms with van der Waals surface area (Å²) in [6.45, 7) is 5.01. The van der Waals surface area contributed by atoms with Crippen molar-refractivity contribution in [1.82, 2.24) is 0 Å². The van der Waals surface area contributed by atoms with Crippen LogP contribution in [0.15, 0.2) is 30.3 Å². The van der Waals surface area contributed by atoms with Crippen molar-refractivity contribution < 1.29 is 9.84 Å². The van der Waals surface area contributed by atoms with Crippen molar-refractivity contribution in [2.75, 3.05) is 6.61 Å². The molecule has 1 rings (SSSR count). The van der Waals surface area contributed by atoms with Gasteiger partial charge in [0.1, 0.15) is 0 Å². The minimum Gasteiger partial charge on any atom is -0.390 e. The highest BCUT2D eigenvalue weighted by molar-refractivity contribution is 5.13. The Hall–Kier alpha value is -0.860. The third kappa shape index (κ3) is 6.26. The van der Waals surface area contributed by atoms with Gasteiger partial charge in [-0.3, -0.25) is 0 Å². The van der Waals surface area contributed by atoms with Crippen LogP contribution in [0.4, 0.5) is 0 Å². The molecular weight excluding hydrogens is 188 g/mol. The molecule has 0 aliphatic carbocycles. The topological polar surface area (TPSA) is 29.5 Å². The summed E-state index contributed by atoms with van der Waals surface area (Å²) in [5, 5.41) is 9.48. The predicted molar refractivity (Wildman–Crippen MR) is 61.6 cm³/mol. The molecule has 2 heteroatoms.